The number of hydrogen-bond donors (Lipinski definition) is 0. The monoisotopic (exact) mass is 123 g/mol. The van der Waals surface area contributed by atoms with Crippen LogP contribution in [0, 0.1) is 12.2 Å². The van der Waals surface area contributed by atoms with E-state index in [1.54, 1.807) is 4.68 Å². The number of hydrogen-bond acceptors (Lipinski definition) is 3. The lowest BCUT2D eigenvalue weighted by atomic mass is 10.4. The van der Waals surface area contributed by atoms with E-state index in [1.165, 1.54) is 12.8 Å². The zero-order valence-corrected chi connectivity index (χ0v) is 4.99. The van der Waals surface area contributed by atoms with Gasteiger partial charge in [-0.05, 0) is 29.2 Å². The Balaban J connectivity index is 1.99. The normalized spacial score (nSPS) is 18.2. The number of nitrogens with zero attached hydrogens (tertiary/aromatic N) is 4. The van der Waals surface area contributed by atoms with Crippen LogP contribution in [0.2, 0.25) is 0 Å². The van der Waals surface area contributed by atoms with Gasteiger partial charge in [0.15, 0.2) is 0 Å². The lowest BCUT2D eigenvalue weighted by molar-refractivity contribution is 0.541. The van der Waals surface area contributed by atoms with Gasteiger partial charge in [0.1, 0.15) is 0 Å². The lowest BCUT2D eigenvalue weighted by Crippen LogP contribution is -2.00. The van der Waals surface area contributed by atoms with Gasteiger partial charge in [-0.15, -0.1) is 5.10 Å². The molecule has 0 aliphatic heterocycles. The standard InChI is InChI=1S/C5H7N4/c1-2-5(1)3-9-4-6-7-8-9/h5H,1-3H2. The second kappa shape index (κ2) is 1.79. The molecule has 2 rings (SSSR count). The zero-order valence-electron chi connectivity index (χ0n) is 4.99. The molecular formula is C5H7N4. The molecule has 1 aromatic rings. The van der Waals surface area contributed by atoms with E-state index in [9.17, 15) is 0 Å². The number of tetrazole rings is 1. The fourth-order valence-electron chi connectivity index (χ4n) is 0.782. The Morgan fingerprint density at radius 3 is 3.00 bits per heavy atom. The van der Waals surface area contributed by atoms with Crippen LogP contribution in [0.1, 0.15) is 12.8 Å². The Bertz CT molecular complexity index is 177. The minimum Gasteiger partial charge on any atom is -0.222 e. The van der Waals surface area contributed by atoms with Crippen molar-refractivity contribution in [2.45, 2.75) is 19.4 Å². The fraction of sp³-hybridized carbons (Fsp3) is 0.800. The summed E-state index contributed by atoms with van der Waals surface area (Å²) in [6, 6.07) is 0. The molecule has 47 valence electrons. The van der Waals surface area contributed by atoms with Gasteiger partial charge >= 0.3 is 0 Å². The number of aromatic nitrogens is 4. The first-order chi connectivity index (χ1) is 4.45. The van der Waals surface area contributed by atoms with Gasteiger partial charge in [0.05, 0.1) is 0 Å². The molecule has 1 aromatic heterocycles. The summed E-state index contributed by atoms with van der Waals surface area (Å²) >= 11 is 0. The van der Waals surface area contributed by atoms with Crippen molar-refractivity contribution in [2.75, 3.05) is 0 Å². The third-order valence-electron chi connectivity index (χ3n) is 1.48. The molecule has 0 unspecified atom stereocenters. The second-order valence-electron chi connectivity index (χ2n) is 2.40. The summed E-state index contributed by atoms with van der Waals surface area (Å²) in [5.41, 5.74) is 0. The van der Waals surface area contributed by atoms with Gasteiger partial charge < -0.3 is 0 Å². The van der Waals surface area contributed by atoms with Gasteiger partial charge in [0, 0.05) is 6.54 Å². The minimum absolute atomic E-state index is 0.824. The first-order valence-electron chi connectivity index (χ1n) is 3.09. The van der Waals surface area contributed by atoms with Crippen LogP contribution in [0.15, 0.2) is 0 Å². The lowest BCUT2D eigenvalue weighted by Gasteiger charge is -1.90. The highest BCUT2D eigenvalue weighted by atomic mass is 15.5. The van der Waals surface area contributed by atoms with Crippen LogP contribution >= 0.6 is 0 Å². The maximum Gasteiger partial charge on any atom is 0.221 e. The van der Waals surface area contributed by atoms with Gasteiger partial charge in [0.25, 0.3) is 0 Å². The van der Waals surface area contributed by atoms with E-state index < -0.39 is 0 Å². The molecule has 1 radical (unpaired) electrons. The molecule has 0 atom stereocenters. The Morgan fingerprint density at radius 2 is 2.44 bits per heavy atom. The highest BCUT2D eigenvalue weighted by Crippen LogP contribution is 2.29. The average molecular weight is 123 g/mol. The van der Waals surface area contributed by atoms with Gasteiger partial charge in [-0.25, -0.2) is 4.68 Å². The maximum atomic E-state index is 3.70. The summed E-state index contributed by atoms with van der Waals surface area (Å²) in [5.74, 6) is 0.824. The van der Waals surface area contributed by atoms with Gasteiger partial charge in [-0.2, -0.15) is 0 Å². The first kappa shape index (κ1) is 4.90. The van der Waals surface area contributed by atoms with Gasteiger partial charge in [0.2, 0.25) is 6.33 Å². The molecule has 0 aromatic carbocycles. The molecule has 0 amide bonds. The van der Waals surface area contributed by atoms with Crippen LogP contribution in [0.5, 0.6) is 0 Å². The predicted octanol–water partition coefficient (Wildman–Crippen LogP) is -0.117. The van der Waals surface area contributed by atoms with Crippen LogP contribution in [0.4, 0.5) is 0 Å². The molecule has 0 saturated heterocycles. The minimum atomic E-state index is 0.824. The topological polar surface area (TPSA) is 43.6 Å². The summed E-state index contributed by atoms with van der Waals surface area (Å²) in [4.78, 5) is 0. The maximum absolute atomic E-state index is 3.70. The van der Waals surface area contributed by atoms with Crippen molar-refractivity contribution in [3.05, 3.63) is 6.33 Å². The average Bonchev–Trinajstić information content (AvgIpc) is 2.46. The fourth-order valence-corrected chi connectivity index (χ4v) is 0.782. The van der Waals surface area contributed by atoms with Crippen LogP contribution in [-0.4, -0.2) is 20.2 Å². The molecule has 1 aliphatic carbocycles. The molecule has 1 fully saturated rings. The van der Waals surface area contributed by atoms with Crippen LogP contribution in [0.3, 0.4) is 0 Å². The van der Waals surface area contributed by atoms with Gasteiger partial charge in [-0.3, -0.25) is 0 Å². The molecular weight excluding hydrogens is 116 g/mol. The van der Waals surface area contributed by atoms with Crippen molar-refractivity contribution in [1.29, 1.82) is 0 Å². The van der Waals surface area contributed by atoms with E-state index in [-0.39, 0.29) is 0 Å². The second-order valence-corrected chi connectivity index (χ2v) is 2.40. The van der Waals surface area contributed by atoms with E-state index in [4.69, 9.17) is 0 Å². The van der Waals surface area contributed by atoms with E-state index >= 15 is 0 Å². The summed E-state index contributed by atoms with van der Waals surface area (Å²) in [6.45, 7) is 0.951. The molecule has 0 bridgehead atoms. The SMILES string of the molecule is [c]1nnnn1CC1CC1. The van der Waals surface area contributed by atoms with Crippen molar-refractivity contribution < 1.29 is 0 Å². The Kier molecular flexibility index (Phi) is 0.974. The Labute approximate surface area is 52.9 Å². The largest absolute Gasteiger partial charge is 0.222 e. The van der Waals surface area contributed by atoms with Crippen molar-refractivity contribution in [3.63, 3.8) is 0 Å². The molecule has 4 heteroatoms. The molecule has 1 heterocycles. The molecule has 1 saturated carbocycles. The molecule has 0 spiro atoms. The smallest absolute Gasteiger partial charge is 0.221 e. The van der Waals surface area contributed by atoms with Crippen molar-refractivity contribution in [3.8, 4) is 0 Å². The van der Waals surface area contributed by atoms with Gasteiger partial charge in [-0.1, -0.05) is 0 Å². The van der Waals surface area contributed by atoms with Crippen LogP contribution in [0.25, 0.3) is 0 Å². The molecule has 0 N–H and O–H groups in total. The molecule has 1 aliphatic rings. The summed E-state index contributed by atoms with van der Waals surface area (Å²) in [6.07, 6.45) is 5.31. The van der Waals surface area contributed by atoms with Crippen molar-refractivity contribution >= 4 is 0 Å². The molecule has 9 heavy (non-hydrogen) atoms. The highest BCUT2D eigenvalue weighted by Gasteiger charge is 2.21. The molecule has 4 nitrogen and oxygen atoms in total. The quantitative estimate of drug-likeness (QED) is 0.550. The van der Waals surface area contributed by atoms with Crippen molar-refractivity contribution in [2.24, 2.45) is 5.92 Å². The van der Waals surface area contributed by atoms with Crippen LogP contribution < -0.4 is 0 Å². The zero-order chi connectivity index (χ0) is 6.10. The van der Waals surface area contributed by atoms with Crippen LogP contribution in [-0.2, 0) is 6.54 Å². The summed E-state index contributed by atoms with van der Waals surface area (Å²) in [7, 11) is 0. The third kappa shape index (κ3) is 1.06. The van der Waals surface area contributed by atoms with Crippen molar-refractivity contribution in [1.82, 2.24) is 20.2 Å². The Hall–Kier alpha value is -0.930. The van der Waals surface area contributed by atoms with E-state index in [1.807, 2.05) is 0 Å². The highest BCUT2D eigenvalue weighted by molar-refractivity contribution is 4.72. The van der Waals surface area contributed by atoms with E-state index in [0.29, 0.717) is 0 Å². The Morgan fingerprint density at radius 1 is 1.56 bits per heavy atom. The summed E-state index contributed by atoms with van der Waals surface area (Å²) < 4.78 is 1.66. The van der Waals surface area contributed by atoms with E-state index in [0.717, 1.165) is 12.5 Å². The first-order valence-corrected chi connectivity index (χ1v) is 3.09. The number of rotatable bonds is 2. The summed E-state index contributed by atoms with van der Waals surface area (Å²) in [5, 5.41) is 10.6. The third-order valence-corrected chi connectivity index (χ3v) is 1.48. The predicted molar refractivity (Wildman–Crippen MR) is 29.4 cm³/mol. The van der Waals surface area contributed by atoms with E-state index in [2.05, 4.69) is 21.9 Å².